The van der Waals surface area contributed by atoms with Crippen molar-refractivity contribution in [2.75, 3.05) is 11.4 Å². The number of carbonyl (C=O) groups is 1. The highest BCUT2D eigenvalue weighted by Crippen LogP contribution is 2.21. The number of aryl methyl sites for hydroxylation is 1. The Morgan fingerprint density at radius 1 is 1.53 bits per heavy atom. The smallest absolute Gasteiger partial charge is 0.337 e. The first-order valence-corrected chi connectivity index (χ1v) is 5.97. The molecule has 4 nitrogen and oxygen atoms in total. The van der Waals surface area contributed by atoms with Gasteiger partial charge in [-0.25, -0.2) is 9.78 Å². The number of anilines is 1. The van der Waals surface area contributed by atoms with E-state index in [2.05, 4.69) is 30.7 Å². The molecule has 0 saturated heterocycles. The van der Waals surface area contributed by atoms with Crippen LogP contribution in [0.4, 0.5) is 5.82 Å². The zero-order chi connectivity index (χ0) is 13.0. The molecule has 0 aliphatic rings. The Morgan fingerprint density at radius 2 is 2.18 bits per heavy atom. The van der Waals surface area contributed by atoms with Gasteiger partial charge in [0.2, 0.25) is 0 Å². The lowest BCUT2D eigenvalue weighted by molar-refractivity contribution is 0.0696. The molecule has 0 saturated carbocycles. The van der Waals surface area contributed by atoms with Gasteiger partial charge in [-0.2, -0.15) is 0 Å². The number of nitrogens with zero attached hydrogens (tertiary/aromatic N) is 2. The third-order valence-corrected chi connectivity index (χ3v) is 3.03. The molecule has 1 atom stereocenters. The number of carboxylic acids is 1. The third-order valence-electron chi connectivity index (χ3n) is 3.03. The van der Waals surface area contributed by atoms with Gasteiger partial charge in [-0.05, 0) is 38.8 Å². The molecular formula is C13H20N2O2. The van der Waals surface area contributed by atoms with Crippen LogP contribution in [0.3, 0.4) is 0 Å². The maximum Gasteiger partial charge on any atom is 0.337 e. The number of carboxylic acid groups (broad SMARTS) is 1. The number of aromatic carboxylic acids is 1. The highest BCUT2D eigenvalue weighted by atomic mass is 16.4. The second-order valence-corrected chi connectivity index (χ2v) is 4.21. The normalized spacial score (nSPS) is 12.2. The molecule has 0 radical (unpaired) electrons. The molecule has 0 aromatic carbocycles. The molecule has 1 rings (SSSR count). The van der Waals surface area contributed by atoms with Crippen LogP contribution in [-0.4, -0.2) is 28.6 Å². The summed E-state index contributed by atoms with van der Waals surface area (Å²) in [6.45, 7) is 9.14. The van der Waals surface area contributed by atoms with E-state index in [1.54, 1.807) is 6.07 Å². The molecule has 0 bridgehead atoms. The molecule has 0 spiro atoms. The Hall–Kier alpha value is -1.58. The number of pyridine rings is 1. The summed E-state index contributed by atoms with van der Waals surface area (Å²) in [5.41, 5.74) is 1.15. The quantitative estimate of drug-likeness (QED) is 0.854. The Morgan fingerprint density at radius 3 is 2.59 bits per heavy atom. The van der Waals surface area contributed by atoms with Crippen molar-refractivity contribution in [1.82, 2.24) is 4.98 Å². The maximum absolute atomic E-state index is 10.8. The van der Waals surface area contributed by atoms with Crippen molar-refractivity contribution >= 4 is 11.8 Å². The fraction of sp³-hybridized carbons (Fsp3) is 0.538. The summed E-state index contributed by atoms with van der Waals surface area (Å²) in [7, 11) is 0. The van der Waals surface area contributed by atoms with Gasteiger partial charge in [-0.15, -0.1) is 0 Å². The molecular weight excluding hydrogens is 216 g/mol. The van der Waals surface area contributed by atoms with Crippen LogP contribution < -0.4 is 4.90 Å². The number of hydrogen-bond donors (Lipinski definition) is 1. The minimum Gasteiger partial charge on any atom is -0.478 e. The fourth-order valence-electron chi connectivity index (χ4n) is 1.88. The number of aromatic nitrogens is 1. The second kappa shape index (κ2) is 5.66. The molecule has 17 heavy (non-hydrogen) atoms. The highest BCUT2D eigenvalue weighted by molar-refractivity contribution is 5.87. The summed E-state index contributed by atoms with van der Waals surface area (Å²) in [6, 6.07) is 2.08. The van der Waals surface area contributed by atoms with Gasteiger partial charge in [0.05, 0.1) is 5.56 Å². The molecule has 0 aliphatic carbocycles. The van der Waals surface area contributed by atoms with E-state index in [9.17, 15) is 4.79 Å². The van der Waals surface area contributed by atoms with E-state index in [0.717, 1.165) is 24.3 Å². The van der Waals surface area contributed by atoms with Crippen molar-refractivity contribution in [3.8, 4) is 0 Å². The Labute approximate surface area is 102 Å². The standard InChI is InChI=1S/C13H20N2O2/c1-5-10(4)15(6-2)12-9(3)7-11(8-14-12)13(16)17/h7-8,10H,5-6H2,1-4H3,(H,16,17). The van der Waals surface area contributed by atoms with E-state index < -0.39 is 5.97 Å². The maximum atomic E-state index is 10.8. The molecule has 0 fully saturated rings. The third kappa shape index (κ3) is 2.96. The van der Waals surface area contributed by atoms with Crippen LogP contribution >= 0.6 is 0 Å². The van der Waals surface area contributed by atoms with Crippen LogP contribution in [-0.2, 0) is 0 Å². The second-order valence-electron chi connectivity index (χ2n) is 4.21. The zero-order valence-corrected chi connectivity index (χ0v) is 10.9. The lowest BCUT2D eigenvalue weighted by Crippen LogP contribution is -2.33. The summed E-state index contributed by atoms with van der Waals surface area (Å²) in [6.07, 6.45) is 2.46. The molecule has 1 aromatic heterocycles. The van der Waals surface area contributed by atoms with Gasteiger partial charge in [0.1, 0.15) is 5.82 Å². The van der Waals surface area contributed by atoms with Gasteiger partial charge in [0.25, 0.3) is 0 Å². The van der Waals surface area contributed by atoms with Gasteiger partial charge in [0, 0.05) is 18.8 Å². The highest BCUT2D eigenvalue weighted by Gasteiger charge is 2.15. The lowest BCUT2D eigenvalue weighted by Gasteiger charge is -2.29. The average Bonchev–Trinajstić information content (AvgIpc) is 2.31. The molecule has 1 aromatic rings. The van der Waals surface area contributed by atoms with Crippen LogP contribution in [0.15, 0.2) is 12.3 Å². The molecule has 1 heterocycles. The van der Waals surface area contributed by atoms with E-state index in [1.807, 2.05) is 6.92 Å². The van der Waals surface area contributed by atoms with Gasteiger partial charge in [0.15, 0.2) is 0 Å². The number of rotatable bonds is 5. The molecule has 1 N–H and O–H groups in total. The summed E-state index contributed by atoms with van der Waals surface area (Å²) >= 11 is 0. The largest absolute Gasteiger partial charge is 0.478 e. The van der Waals surface area contributed by atoms with E-state index in [1.165, 1.54) is 6.20 Å². The molecule has 94 valence electrons. The van der Waals surface area contributed by atoms with Crippen molar-refractivity contribution in [3.63, 3.8) is 0 Å². The van der Waals surface area contributed by atoms with Crippen LogP contribution in [0.2, 0.25) is 0 Å². The summed E-state index contributed by atoms with van der Waals surface area (Å²) in [5, 5.41) is 8.90. The van der Waals surface area contributed by atoms with Crippen LogP contribution in [0.5, 0.6) is 0 Å². The summed E-state index contributed by atoms with van der Waals surface area (Å²) in [5.74, 6) is -0.0504. The predicted octanol–water partition coefficient (Wildman–Crippen LogP) is 2.71. The average molecular weight is 236 g/mol. The van der Waals surface area contributed by atoms with Crippen LogP contribution in [0.1, 0.15) is 43.1 Å². The predicted molar refractivity (Wildman–Crippen MR) is 68.7 cm³/mol. The summed E-state index contributed by atoms with van der Waals surface area (Å²) < 4.78 is 0. The first kappa shape index (κ1) is 13.5. The van der Waals surface area contributed by atoms with E-state index in [0.29, 0.717) is 6.04 Å². The van der Waals surface area contributed by atoms with Crippen molar-refractivity contribution < 1.29 is 9.90 Å². The van der Waals surface area contributed by atoms with Gasteiger partial charge >= 0.3 is 5.97 Å². The van der Waals surface area contributed by atoms with Crippen molar-refractivity contribution in [2.24, 2.45) is 0 Å². The Balaban J connectivity index is 3.09. The zero-order valence-electron chi connectivity index (χ0n) is 10.9. The van der Waals surface area contributed by atoms with Gasteiger partial charge in [-0.3, -0.25) is 0 Å². The van der Waals surface area contributed by atoms with E-state index >= 15 is 0 Å². The first-order valence-electron chi connectivity index (χ1n) is 5.97. The molecule has 1 unspecified atom stereocenters. The van der Waals surface area contributed by atoms with Crippen molar-refractivity contribution in [3.05, 3.63) is 23.4 Å². The van der Waals surface area contributed by atoms with Gasteiger partial charge in [-0.1, -0.05) is 6.92 Å². The molecule has 4 heteroatoms. The van der Waals surface area contributed by atoms with Crippen LogP contribution in [0.25, 0.3) is 0 Å². The number of hydrogen-bond acceptors (Lipinski definition) is 3. The van der Waals surface area contributed by atoms with Crippen LogP contribution in [0, 0.1) is 6.92 Å². The van der Waals surface area contributed by atoms with E-state index in [4.69, 9.17) is 5.11 Å². The lowest BCUT2D eigenvalue weighted by atomic mass is 10.1. The Bertz CT molecular complexity index is 404. The molecule has 0 amide bonds. The van der Waals surface area contributed by atoms with Crippen molar-refractivity contribution in [1.29, 1.82) is 0 Å². The summed E-state index contributed by atoms with van der Waals surface area (Å²) in [4.78, 5) is 17.3. The fourth-order valence-corrected chi connectivity index (χ4v) is 1.88. The minimum absolute atomic E-state index is 0.242. The first-order chi connectivity index (χ1) is 8.01. The SMILES string of the molecule is CCC(C)N(CC)c1ncc(C(=O)O)cc1C. The monoisotopic (exact) mass is 236 g/mol. The molecule has 0 aliphatic heterocycles. The Kier molecular flexibility index (Phi) is 4.49. The topological polar surface area (TPSA) is 53.4 Å². The van der Waals surface area contributed by atoms with E-state index in [-0.39, 0.29) is 5.56 Å². The van der Waals surface area contributed by atoms with Gasteiger partial charge < -0.3 is 10.0 Å². The van der Waals surface area contributed by atoms with Crippen molar-refractivity contribution in [2.45, 2.75) is 40.2 Å². The minimum atomic E-state index is -0.932.